The van der Waals surface area contributed by atoms with E-state index in [1.807, 2.05) is 0 Å². The summed E-state index contributed by atoms with van der Waals surface area (Å²) in [6.45, 7) is 0.275. The second kappa shape index (κ2) is 9.12. The zero-order valence-electron chi connectivity index (χ0n) is 17.1. The summed E-state index contributed by atoms with van der Waals surface area (Å²) in [6.07, 6.45) is 5.91. The monoisotopic (exact) mass is 420 g/mol. The lowest BCUT2D eigenvalue weighted by molar-refractivity contribution is -0.124. The van der Waals surface area contributed by atoms with Crippen LogP contribution in [0.25, 0.3) is 0 Å². The van der Waals surface area contributed by atoms with Crippen molar-refractivity contribution in [2.45, 2.75) is 32.1 Å². The molecule has 2 aromatic carbocycles. The Morgan fingerprint density at radius 2 is 1.52 bits per heavy atom. The van der Waals surface area contributed by atoms with Gasteiger partial charge in [0, 0.05) is 6.54 Å². The van der Waals surface area contributed by atoms with Gasteiger partial charge in [-0.05, 0) is 55.2 Å². The number of imide groups is 1. The fourth-order valence-corrected chi connectivity index (χ4v) is 4.09. The van der Waals surface area contributed by atoms with Crippen molar-refractivity contribution < 1.29 is 23.9 Å². The molecule has 7 nitrogen and oxygen atoms in total. The van der Waals surface area contributed by atoms with Gasteiger partial charge in [-0.15, -0.1) is 0 Å². The quantitative estimate of drug-likeness (QED) is 0.572. The summed E-state index contributed by atoms with van der Waals surface area (Å²) >= 11 is 0. The minimum Gasteiger partial charge on any atom is -0.452 e. The number of rotatable bonds is 6. The molecule has 4 rings (SSSR count). The lowest BCUT2D eigenvalue weighted by Crippen LogP contribution is -2.33. The summed E-state index contributed by atoms with van der Waals surface area (Å²) in [6, 6.07) is 12.6. The fourth-order valence-electron chi connectivity index (χ4n) is 4.09. The van der Waals surface area contributed by atoms with E-state index in [1.54, 1.807) is 24.3 Å². The van der Waals surface area contributed by atoms with Crippen molar-refractivity contribution in [3.8, 4) is 0 Å². The van der Waals surface area contributed by atoms with Gasteiger partial charge in [-0.1, -0.05) is 31.4 Å². The highest BCUT2D eigenvalue weighted by atomic mass is 16.5. The number of amides is 3. The van der Waals surface area contributed by atoms with E-state index in [2.05, 4.69) is 5.32 Å². The molecule has 0 aromatic heterocycles. The number of hydrogen-bond acceptors (Lipinski definition) is 5. The lowest BCUT2D eigenvalue weighted by atomic mass is 9.89. The number of carbonyl (C=O) groups excluding carboxylic acids is 4. The Morgan fingerprint density at radius 3 is 2.13 bits per heavy atom. The fraction of sp³-hybridized carbons (Fsp3) is 0.333. The molecule has 2 aromatic rings. The van der Waals surface area contributed by atoms with E-state index in [0.717, 1.165) is 17.7 Å². The maximum absolute atomic E-state index is 12.5. The number of benzene rings is 2. The maximum atomic E-state index is 12.5. The molecular weight excluding hydrogens is 396 g/mol. The summed E-state index contributed by atoms with van der Waals surface area (Å²) in [5.74, 6) is -1.25. The number of nitrogens with zero attached hydrogens (tertiary/aromatic N) is 1. The first-order chi connectivity index (χ1) is 15.0. The molecule has 0 bridgehead atoms. The Kier molecular flexibility index (Phi) is 6.11. The molecule has 0 radical (unpaired) electrons. The zero-order valence-corrected chi connectivity index (χ0v) is 17.1. The number of esters is 1. The molecule has 3 amide bonds. The van der Waals surface area contributed by atoms with Crippen molar-refractivity contribution in [1.82, 2.24) is 5.32 Å². The number of hydrogen-bond donors (Lipinski definition) is 1. The van der Waals surface area contributed by atoms with E-state index in [0.29, 0.717) is 29.3 Å². The van der Waals surface area contributed by atoms with Crippen LogP contribution in [0, 0.1) is 5.92 Å². The Labute approximate surface area is 180 Å². The summed E-state index contributed by atoms with van der Waals surface area (Å²) in [7, 11) is 0. The highest BCUT2D eigenvalue weighted by molar-refractivity contribution is 6.34. The van der Waals surface area contributed by atoms with Gasteiger partial charge in [0.25, 0.3) is 17.7 Å². The molecule has 0 unspecified atom stereocenters. The van der Waals surface area contributed by atoms with Gasteiger partial charge < -0.3 is 10.1 Å². The number of nitrogens with one attached hydrogen (secondary N) is 1. The first-order valence-corrected chi connectivity index (χ1v) is 10.6. The van der Waals surface area contributed by atoms with Crippen molar-refractivity contribution in [2.75, 3.05) is 18.1 Å². The highest BCUT2D eigenvalue weighted by Crippen LogP contribution is 2.28. The predicted octanol–water partition coefficient (Wildman–Crippen LogP) is 3.34. The average molecular weight is 420 g/mol. The topological polar surface area (TPSA) is 92.8 Å². The van der Waals surface area contributed by atoms with Gasteiger partial charge in [-0.3, -0.25) is 14.4 Å². The van der Waals surface area contributed by atoms with Crippen LogP contribution in [-0.2, 0) is 9.53 Å². The third-order valence-corrected chi connectivity index (χ3v) is 5.80. The molecular formula is C24H24N2O5. The molecule has 0 atom stereocenters. The Hall–Kier alpha value is -3.48. The molecule has 31 heavy (non-hydrogen) atoms. The van der Waals surface area contributed by atoms with Crippen molar-refractivity contribution >= 4 is 29.4 Å². The Morgan fingerprint density at radius 1 is 0.903 bits per heavy atom. The van der Waals surface area contributed by atoms with Gasteiger partial charge in [-0.2, -0.15) is 0 Å². The molecule has 0 saturated heterocycles. The van der Waals surface area contributed by atoms with Gasteiger partial charge in [0.2, 0.25) is 0 Å². The van der Waals surface area contributed by atoms with Crippen LogP contribution in [0.2, 0.25) is 0 Å². The van der Waals surface area contributed by atoms with Crippen LogP contribution in [0.15, 0.2) is 48.5 Å². The molecule has 160 valence electrons. The SMILES string of the molecule is O=C(COC(=O)c1ccc(N2C(=O)c3ccccc3C2=O)cc1)NCC1CCCCC1. The summed E-state index contributed by atoms with van der Waals surface area (Å²) in [5.41, 5.74) is 1.32. The largest absolute Gasteiger partial charge is 0.452 e. The lowest BCUT2D eigenvalue weighted by Gasteiger charge is -2.21. The third kappa shape index (κ3) is 4.50. The number of ether oxygens (including phenoxy) is 1. The number of anilines is 1. The van der Waals surface area contributed by atoms with E-state index < -0.39 is 17.8 Å². The second-order valence-electron chi connectivity index (χ2n) is 7.92. The molecule has 1 saturated carbocycles. The first-order valence-electron chi connectivity index (χ1n) is 10.6. The first kappa shape index (κ1) is 20.8. The molecule has 1 N–H and O–H groups in total. The van der Waals surface area contributed by atoms with Crippen LogP contribution in [-0.4, -0.2) is 36.8 Å². The number of carbonyl (C=O) groups is 4. The van der Waals surface area contributed by atoms with Gasteiger partial charge in [0.05, 0.1) is 22.4 Å². The molecule has 1 aliphatic carbocycles. The van der Waals surface area contributed by atoms with Gasteiger partial charge in [-0.25, -0.2) is 9.69 Å². The Balaban J connectivity index is 1.31. The zero-order chi connectivity index (χ0) is 21.8. The standard InChI is InChI=1S/C24H24N2O5/c27-21(25-14-16-6-2-1-3-7-16)15-31-24(30)17-10-12-18(13-11-17)26-22(28)19-8-4-5-9-20(19)23(26)29/h4-5,8-13,16H,1-3,6-7,14-15H2,(H,25,27). The van der Waals surface area contributed by atoms with E-state index in [1.165, 1.54) is 43.5 Å². The summed E-state index contributed by atoms with van der Waals surface area (Å²) in [5, 5.41) is 2.83. The number of fused-ring (bicyclic) bond motifs is 1. The van der Waals surface area contributed by atoms with Crippen LogP contribution in [0.1, 0.15) is 63.2 Å². The van der Waals surface area contributed by atoms with E-state index >= 15 is 0 Å². The molecule has 7 heteroatoms. The molecule has 1 heterocycles. The second-order valence-corrected chi connectivity index (χ2v) is 7.92. The molecule has 1 fully saturated rings. The van der Waals surface area contributed by atoms with Crippen molar-refractivity contribution in [2.24, 2.45) is 5.92 Å². The smallest absolute Gasteiger partial charge is 0.338 e. The van der Waals surface area contributed by atoms with E-state index in [4.69, 9.17) is 4.74 Å². The van der Waals surface area contributed by atoms with E-state index in [9.17, 15) is 19.2 Å². The summed E-state index contributed by atoms with van der Waals surface area (Å²) in [4.78, 5) is 50.4. The third-order valence-electron chi connectivity index (χ3n) is 5.80. The maximum Gasteiger partial charge on any atom is 0.338 e. The van der Waals surface area contributed by atoms with Crippen LogP contribution in [0.5, 0.6) is 0 Å². The normalized spacial score (nSPS) is 16.2. The molecule has 2 aliphatic rings. The van der Waals surface area contributed by atoms with E-state index in [-0.39, 0.29) is 18.1 Å². The van der Waals surface area contributed by atoms with Crippen molar-refractivity contribution in [3.05, 3.63) is 65.2 Å². The molecule has 1 aliphatic heterocycles. The minimum atomic E-state index is -0.637. The average Bonchev–Trinajstić information content (AvgIpc) is 3.07. The van der Waals surface area contributed by atoms with Crippen molar-refractivity contribution in [3.63, 3.8) is 0 Å². The highest BCUT2D eigenvalue weighted by Gasteiger charge is 2.36. The van der Waals surface area contributed by atoms with Crippen LogP contribution < -0.4 is 10.2 Å². The van der Waals surface area contributed by atoms with Crippen LogP contribution >= 0.6 is 0 Å². The Bertz CT molecular complexity index is 974. The minimum absolute atomic E-state index is 0.237. The van der Waals surface area contributed by atoms with Crippen LogP contribution in [0.4, 0.5) is 5.69 Å². The summed E-state index contributed by atoms with van der Waals surface area (Å²) < 4.78 is 5.09. The van der Waals surface area contributed by atoms with Gasteiger partial charge in [0.1, 0.15) is 0 Å². The van der Waals surface area contributed by atoms with Crippen molar-refractivity contribution in [1.29, 1.82) is 0 Å². The van der Waals surface area contributed by atoms with Gasteiger partial charge in [0.15, 0.2) is 6.61 Å². The van der Waals surface area contributed by atoms with Gasteiger partial charge >= 0.3 is 5.97 Å². The van der Waals surface area contributed by atoms with Crippen LogP contribution in [0.3, 0.4) is 0 Å². The molecule has 0 spiro atoms. The predicted molar refractivity (Wildman–Crippen MR) is 114 cm³/mol.